The SMILES string of the molecule is C=C(C)c1ccc(C(C)=O)cn1.C=C(CC)/C(=C\C=C/C)OC.C=CC.CC. The van der Waals surface area contributed by atoms with Crippen LogP contribution in [0.25, 0.3) is 5.57 Å². The summed E-state index contributed by atoms with van der Waals surface area (Å²) in [7, 11) is 1.66. The Morgan fingerprint density at radius 2 is 1.71 bits per heavy atom. The van der Waals surface area contributed by atoms with E-state index in [1.165, 1.54) is 6.92 Å². The van der Waals surface area contributed by atoms with Crippen LogP contribution in [0.5, 0.6) is 0 Å². The van der Waals surface area contributed by atoms with E-state index < -0.39 is 0 Å². The number of methoxy groups -OCH3 is 1. The van der Waals surface area contributed by atoms with Gasteiger partial charge in [0, 0.05) is 11.8 Å². The van der Waals surface area contributed by atoms with Gasteiger partial charge in [-0.25, -0.2) is 0 Å². The molecule has 0 fully saturated rings. The van der Waals surface area contributed by atoms with Crippen molar-refractivity contribution < 1.29 is 9.53 Å². The molecular weight excluding hydrogens is 346 g/mol. The molecule has 0 amide bonds. The first-order valence-electron chi connectivity index (χ1n) is 9.53. The van der Waals surface area contributed by atoms with Crippen LogP contribution < -0.4 is 0 Å². The second kappa shape index (κ2) is 20.6. The van der Waals surface area contributed by atoms with Gasteiger partial charge in [0.1, 0.15) is 5.76 Å². The summed E-state index contributed by atoms with van der Waals surface area (Å²) >= 11 is 0. The molecule has 0 atom stereocenters. The quantitative estimate of drug-likeness (QED) is 0.219. The van der Waals surface area contributed by atoms with Gasteiger partial charge in [0.25, 0.3) is 0 Å². The Labute approximate surface area is 173 Å². The van der Waals surface area contributed by atoms with Crippen LogP contribution in [-0.2, 0) is 4.74 Å². The summed E-state index contributed by atoms with van der Waals surface area (Å²) in [6, 6.07) is 3.57. The second-order valence-corrected chi connectivity index (χ2v) is 5.39. The first-order valence-corrected chi connectivity index (χ1v) is 9.53. The Balaban J connectivity index is -0.000000364. The first kappa shape index (κ1) is 30.1. The zero-order valence-electron chi connectivity index (χ0n) is 19.1. The lowest BCUT2D eigenvalue weighted by atomic mass is 10.1. The Morgan fingerprint density at radius 3 is 2.00 bits per heavy atom. The summed E-state index contributed by atoms with van der Waals surface area (Å²) < 4.78 is 5.12. The summed E-state index contributed by atoms with van der Waals surface area (Å²) in [5.74, 6) is 0.904. The number of Topliss-reactive ketones (excluding diaryl/α,β-unsaturated/α-hetero) is 1. The molecule has 0 saturated heterocycles. The highest BCUT2D eigenvalue weighted by molar-refractivity contribution is 5.93. The van der Waals surface area contributed by atoms with E-state index in [4.69, 9.17) is 4.74 Å². The van der Waals surface area contributed by atoms with E-state index in [1.54, 1.807) is 31.5 Å². The van der Waals surface area contributed by atoms with E-state index in [0.717, 1.165) is 29.0 Å². The molecule has 156 valence electrons. The molecule has 1 aromatic heterocycles. The fourth-order valence-corrected chi connectivity index (χ4v) is 1.54. The molecule has 0 aliphatic carbocycles. The summed E-state index contributed by atoms with van der Waals surface area (Å²) in [6.07, 6.45) is 10.1. The minimum atomic E-state index is 0.0377. The van der Waals surface area contributed by atoms with Crippen LogP contribution in [0.4, 0.5) is 0 Å². The van der Waals surface area contributed by atoms with Crippen molar-refractivity contribution in [3.05, 3.63) is 85.0 Å². The lowest BCUT2D eigenvalue weighted by molar-refractivity contribution is 0.101. The number of hydrogen-bond acceptors (Lipinski definition) is 3. The standard InChI is InChI=1S/C10H11NO.C10H16O.C3H6.C2H6/c1-7(2)10-5-4-9(6-11-10)8(3)12;1-5-7-8-10(11-4)9(3)6-2;1-3-2;1-2/h4-6H,1H2,2-3H3;5,7-8H,3,6H2,1-2,4H3;3H,1H2,2H3;1-2H3/b;7-5-,10-8+;;. The monoisotopic (exact) mass is 385 g/mol. The number of rotatable bonds is 6. The van der Waals surface area contributed by atoms with E-state index >= 15 is 0 Å². The molecule has 0 unspecified atom stereocenters. The third-order valence-corrected chi connectivity index (χ3v) is 3.04. The average molecular weight is 386 g/mol. The molecule has 0 radical (unpaired) electrons. The van der Waals surface area contributed by atoms with Gasteiger partial charge in [0.05, 0.1) is 12.8 Å². The number of aromatic nitrogens is 1. The molecule has 28 heavy (non-hydrogen) atoms. The van der Waals surface area contributed by atoms with Gasteiger partial charge >= 0.3 is 0 Å². The number of ketones is 1. The first-order chi connectivity index (χ1) is 13.3. The van der Waals surface area contributed by atoms with Crippen LogP contribution in [-0.4, -0.2) is 17.9 Å². The molecule has 0 bridgehead atoms. The van der Waals surface area contributed by atoms with E-state index in [0.29, 0.717) is 5.56 Å². The van der Waals surface area contributed by atoms with Gasteiger partial charge in [-0.3, -0.25) is 9.78 Å². The highest BCUT2D eigenvalue weighted by Crippen LogP contribution is 2.11. The minimum Gasteiger partial charge on any atom is -0.497 e. The Morgan fingerprint density at radius 1 is 1.18 bits per heavy atom. The van der Waals surface area contributed by atoms with Crippen LogP contribution in [0.3, 0.4) is 0 Å². The molecular formula is C25H39NO2. The zero-order chi connectivity index (χ0) is 22.5. The van der Waals surface area contributed by atoms with Gasteiger partial charge in [-0.05, 0) is 63.5 Å². The van der Waals surface area contributed by atoms with Gasteiger partial charge in [0.15, 0.2) is 5.78 Å². The predicted octanol–water partition coefficient (Wildman–Crippen LogP) is 7.59. The van der Waals surface area contributed by atoms with Gasteiger partial charge in [-0.2, -0.15) is 0 Å². The van der Waals surface area contributed by atoms with Crippen molar-refractivity contribution in [3.8, 4) is 0 Å². The number of ether oxygens (including phenoxy) is 1. The summed E-state index contributed by atoms with van der Waals surface area (Å²) in [5.41, 5.74) is 3.41. The Hall–Kier alpha value is -2.68. The molecule has 0 aliphatic heterocycles. The number of carbonyl (C=O) groups excluding carboxylic acids is 1. The smallest absolute Gasteiger partial charge is 0.161 e. The van der Waals surface area contributed by atoms with Crippen molar-refractivity contribution in [2.75, 3.05) is 7.11 Å². The number of allylic oxidation sites excluding steroid dienone is 6. The lowest BCUT2D eigenvalue weighted by Gasteiger charge is -2.05. The number of nitrogens with zero attached hydrogens (tertiary/aromatic N) is 1. The fourth-order valence-electron chi connectivity index (χ4n) is 1.54. The molecule has 0 aliphatic rings. The molecule has 1 aromatic rings. The Kier molecular flexibility index (Phi) is 22.1. The predicted molar refractivity (Wildman–Crippen MR) is 126 cm³/mol. The van der Waals surface area contributed by atoms with Crippen LogP contribution in [0.2, 0.25) is 0 Å². The van der Waals surface area contributed by atoms with Crippen molar-refractivity contribution in [1.82, 2.24) is 4.98 Å². The number of carbonyl (C=O) groups is 1. The van der Waals surface area contributed by atoms with Gasteiger partial charge < -0.3 is 4.74 Å². The topological polar surface area (TPSA) is 39.2 Å². The van der Waals surface area contributed by atoms with E-state index in [-0.39, 0.29) is 5.78 Å². The summed E-state index contributed by atoms with van der Waals surface area (Å²) in [6.45, 7) is 24.3. The molecule has 3 nitrogen and oxygen atoms in total. The van der Waals surface area contributed by atoms with Crippen LogP contribution >= 0.6 is 0 Å². The van der Waals surface area contributed by atoms with Crippen LogP contribution in [0.15, 0.2) is 73.7 Å². The van der Waals surface area contributed by atoms with Crippen molar-refractivity contribution in [1.29, 1.82) is 0 Å². The number of pyridine rings is 1. The van der Waals surface area contributed by atoms with Crippen molar-refractivity contribution >= 4 is 11.4 Å². The maximum absolute atomic E-state index is 10.9. The van der Waals surface area contributed by atoms with E-state index in [2.05, 4.69) is 31.6 Å². The summed E-state index contributed by atoms with van der Waals surface area (Å²) in [4.78, 5) is 14.9. The molecule has 0 saturated carbocycles. The maximum Gasteiger partial charge on any atom is 0.161 e. The van der Waals surface area contributed by atoms with Gasteiger partial charge in [0.2, 0.25) is 0 Å². The largest absolute Gasteiger partial charge is 0.497 e. The second-order valence-electron chi connectivity index (χ2n) is 5.39. The highest BCUT2D eigenvalue weighted by atomic mass is 16.5. The van der Waals surface area contributed by atoms with Crippen molar-refractivity contribution in [2.24, 2.45) is 0 Å². The fraction of sp³-hybridized carbons (Fsp3) is 0.360. The third kappa shape index (κ3) is 15.6. The maximum atomic E-state index is 10.9. The lowest BCUT2D eigenvalue weighted by Crippen LogP contribution is -1.94. The normalized spacial score (nSPS) is 9.50. The van der Waals surface area contributed by atoms with Gasteiger partial charge in [-0.1, -0.05) is 52.2 Å². The van der Waals surface area contributed by atoms with Crippen LogP contribution in [0.1, 0.15) is 70.9 Å². The van der Waals surface area contributed by atoms with Crippen molar-refractivity contribution in [3.63, 3.8) is 0 Å². The molecule has 0 spiro atoms. The zero-order valence-corrected chi connectivity index (χ0v) is 19.1. The molecule has 0 N–H and O–H groups in total. The van der Waals surface area contributed by atoms with E-state index in [1.807, 2.05) is 52.8 Å². The summed E-state index contributed by atoms with van der Waals surface area (Å²) in [5, 5.41) is 0. The molecule has 3 heteroatoms. The van der Waals surface area contributed by atoms with E-state index in [9.17, 15) is 4.79 Å². The molecule has 0 aromatic carbocycles. The van der Waals surface area contributed by atoms with Gasteiger partial charge in [-0.15, -0.1) is 6.58 Å². The average Bonchev–Trinajstić information content (AvgIpc) is 2.71. The molecule has 1 heterocycles. The van der Waals surface area contributed by atoms with Crippen molar-refractivity contribution in [2.45, 2.75) is 54.9 Å². The molecule has 1 rings (SSSR count). The highest BCUT2D eigenvalue weighted by Gasteiger charge is 1.99. The third-order valence-electron chi connectivity index (χ3n) is 3.04. The minimum absolute atomic E-state index is 0.0377. The Bertz CT molecular complexity index is 602. The van der Waals surface area contributed by atoms with Crippen LogP contribution in [0, 0.1) is 0 Å². The number of hydrogen-bond donors (Lipinski definition) is 0.